The van der Waals surface area contributed by atoms with E-state index < -0.39 is 18.1 Å². The minimum Gasteiger partial charge on any atom is -0.481 e. The number of carboxylic acid groups (broad SMARTS) is 1. The van der Waals surface area contributed by atoms with Gasteiger partial charge in [-0.25, -0.2) is 9.07 Å². The normalized spacial score (nSPS) is 18.3. The molecule has 27 heavy (non-hydrogen) atoms. The maximum absolute atomic E-state index is 13.6. The van der Waals surface area contributed by atoms with Crippen molar-refractivity contribution in [2.24, 2.45) is 0 Å². The number of rotatable bonds is 6. The molecule has 10 heteroatoms. The molecule has 1 aliphatic heterocycles. The van der Waals surface area contributed by atoms with E-state index in [4.69, 9.17) is 9.84 Å². The third-order valence-electron chi connectivity index (χ3n) is 4.41. The first-order valence-electron chi connectivity index (χ1n) is 8.55. The number of nitrogens with zero attached hydrogens (tertiary/aromatic N) is 5. The molecule has 1 aromatic carbocycles. The van der Waals surface area contributed by atoms with Crippen LogP contribution in [0.4, 0.5) is 4.39 Å². The molecule has 1 aliphatic rings. The first kappa shape index (κ1) is 18.9. The number of tetrazole rings is 1. The number of halogens is 1. The van der Waals surface area contributed by atoms with Crippen LogP contribution in [-0.2, 0) is 20.7 Å². The van der Waals surface area contributed by atoms with E-state index in [9.17, 15) is 14.0 Å². The van der Waals surface area contributed by atoms with Crippen LogP contribution in [-0.4, -0.2) is 67.9 Å². The molecule has 144 valence electrons. The maximum Gasteiger partial charge on any atom is 0.306 e. The summed E-state index contributed by atoms with van der Waals surface area (Å²) in [6.07, 6.45) is -0.531. The van der Waals surface area contributed by atoms with Crippen LogP contribution >= 0.6 is 0 Å². The van der Waals surface area contributed by atoms with Gasteiger partial charge in [0.25, 0.3) is 0 Å². The molecule has 0 spiro atoms. The number of benzene rings is 1. The highest BCUT2D eigenvalue weighted by molar-refractivity contribution is 5.81. The van der Waals surface area contributed by atoms with Gasteiger partial charge in [-0.15, -0.1) is 5.10 Å². The molecule has 1 fully saturated rings. The van der Waals surface area contributed by atoms with E-state index in [1.165, 1.54) is 16.8 Å². The molecular formula is C17H20FN5O4. The fourth-order valence-corrected chi connectivity index (χ4v) is 3.14. The van der Waals surface area contributed by atoms with Gasteiger partial charge >= 0.3 is 5.97 Å². The summed E-state index contributed by atoms with van der Waals surface area (Å²) in [6, 6.07) is 5.25. The third-order valence-corrected chi connectivity index (χ3v) is 4.41. The molecule has 0 bridgehead atoms. The lowest BCUT2D eigenvalue weighted by Crippen LogP contribution is -2.49. The highest BCUT2D eigenvalue weighted by atomic mass is 19.1. The first-order valence-corrected chi connectivity index (χ1v) is 8.55. The van der Waals surface area contributed by atoms with Gasteiger partial charge in [0.2, 0.25) is 5.91 Å². The molecule has 0 saturated carbocycles. The highest BCUT2D eigenvalue weighted by Gasteiger charge is 2.33. The van der Waals surface area contributed by atoms with Crippen molar-refractivity contribution in [3.05, 3.63) is 41.5 Å². The second-order valence-corrected chi connectivity index (χ2v) is 6.40. The molecule has 2 atom stereocenters. The Morgan fingerprint density at radius 1 is 1.44 bits per heavy atom. The zero-order chi connectivity index (χ0) is 19.4. The SMILES string of the molecule is Cc1nnnn1C(Cc1cccc(F)c1)C(=O)N1CCOC(CC(=O)O)C1. The van der Waals surface area contributed by atoms with Gasteiger partial charge in [0.05, 0.1) is 19.1 Å². The van der Waals surface area contributed by atoms with E-state index >= 15 is 0 Å². The summed E-state index contributed by atoms with van der Waals surface area (Å²) in [5.74, 6) is -1.17. The predicted molar refractivity (Wildman–Crippen MR) is 90.3 cm³/mol. The van der Waals surface area contributed by atoms with Crippen molar-refractivity contribution in [1.29, 1.82) is 0 Å². The second-order valence-electron chi connectivity index (χ2n) is 6.40. The third kappa shape index (κ3) is 4.64. The molecule has 2 heterocycles. The number of aromatic nitrogens is 4. The number of morpholine rings is 1. The van der Waals surface area contributed by atoms with Gasteiger partial charge in [-0.05, 0) is 35.0 Å². The molecule has 0 radical (unpaired) electrons. The van der Waals surface area contributed by atoms with E-state index in [1.807, 2.05) is 0 Å². The minimum absolute atomic E-state index is 0.173. The lowest BCUT2D eigenvalue weighted by atomic mass is 10.0. The quantitative estimate of drug-likeness (QED) is 0.785. The van der Waals surface area contributed by atoms with Gasteiger partial charge < -0.3 is 14.7 Å². The molecule has 1 aromatic heterocycles. The number of carbonyl (C=O) groups excluding carboxylic acids is 1. The van der Waals surface area contributed by atoms with Gasteiger partial charge in [0.15, 0.2) is 0 Å². The van der Waals surface area contributed by atoms with E-state index in [0.29, 0.717) is 17.9 Å². The van der Waals surface area contributed by atoms with Crippen LogP contribution in [0.2, 0.25) is 0 Å². The number of amides is 1. The number of hydrogen-bond donors (Lipinski definition) is 1. The number of carboxylic acids is 1. The minimum atomic E-state index is -0.984. The standard InChI is InChI=1S/C17H20FN5O4/c1-11-19-20-21-23(11)15(8-12-3-2-4-13(18)7-12)17(26)22-5-6-27-14(10-22)9-16(24)25/h2-4,7,14-15H,5-6,8-10H2,1H3,(H,24,25). The molecule has 2 unspecified atom stereocenters. The van der Waals surface area contributed by atoms with E-state index in [2.05, 4.69) is 15.5 Å². The zero-order valence-corrected chi connectivity index (χ0v) is 14.8. The fourth-order valence-electron chi connectivity index (χ4n) is 3.14. The van der Waals surface area contributed by atoms with Crippen molar-refractivity contribution in [2.75, 3.05) is 19.7 Å². The maximum atomic E-state index is 13.6. The average molecular weight is 377 g/mol. The first-order chi connectivity index (χ1) is 12.9. The Morgan fingerprint density at radius 2 is 2.26 bits per heavy atom. The Morgan fingerprint density at radius 3 is 2.93 bits per heavy atom. The summed E-state index contributed by atoms with van der Waals surface area (Å²) in [7, 11) is 0. The smallest absolute Gasteiger partial charge is 0.306 e. The Balaban J connectivity index is 1.82. The lowest BCUT2D eigenvalue weighted by molar-refractivity contribution is -0.149. The van der Waals surface area contributed by atoms with Crippen molar-refractivity contribution in [2.45, 2.75) is 31.9 Å². The summed E-state index contributed by atoms with van der Waals surface area (Å²) < 4.78 is 20.4. The van der Waals surface area contributed by atoms with Crippen molar-refractivity contribution < 1.29 is 23.8 Å². The summed E-state index contributed by atoms with van der Waals surface area (Å²) >= 11 is 0. The van der Waals surface area contributed by atoms with Crippen LogP contribution in [0.3, 0.4) is 0 Å². The summed E-state index contributed by atoms with van der Waals surface area (Å²) in [6.45, 7) is 2.45. The van der Waals surface area contributed by atoms with E-state index in [-0.39, 0.29) is 37.7 Å². The lowest BCUT2D eigenvalue weighted by Gasteiger charge is -2.34. The van der Waals surface area contributed by atoms with E-state index in [0.717, 1.165) is 0 Å². The molecule has 1 saturated heterocycles. The highest BCUT2D eigenvalue weighted by Crippen LogP contribution is 2.20. The number of hydrogen-bond acceptors (Lipinski definition) is 6. The Kier molecular flexibility index (Phi) is 5.75. The molecule has 3 rings (SSSR count). The van der Waals surface area contributed by atoms with Crippen LogP contribution in [0.15, 0.2) is 24.3 Å². The molecule has 2 aromatic rings. The van der Waals surface area contributed by atoms with Crippen LogP contribution in [0.1, 0.15) is 23.9 Å². The predicted octanol–water partition coefficient (Wildman–Crippen LogP) is 0.607. The van der Waals surface area contributed by atoms with Crippen LogP contribution in [0.25, 0.3) is 0 Å². The van der Waals surface area contributed by atoms with Gasteiger partial charge in [-0.3, -0.25) is 9.59 Å². The number of ether oxygens (including phenoxy) is 1. The fraction of sp³-hybridized carbons (Fsp3) is 0.471. The van der Waals surface area contributed by atoms with Crippen LogP contribution in [0, 0.1) is 12.7 Å². The van der Waals surface area contributed by atoms with Gasteiger partial charge in [-0.2, -0.15) is 0 Å². The number of carbonyl (C=O) groups is 2. The molecule has 9 nitrogen and oxygen atoms in total. The summed E-state index contributed by atoms with van der Waals surface area (Å²) in [4.78, 5) is 25.7. The van der Waals surface area contributed by atoms with Crippen LogP contribution in [0.5, 0.6) is 0 Å². The number of aliphatic carboxylic acids is 1. The van der Waals surface area contributed by atoms with E-state index in [1.54, 1.807) is 24.0 Å². The Labute approximate surface area is 154 Å². The number of aryl methyl sites for hydroxylation is 1. The second kappa shape index (κ2) is 8.21. The van der Waals surface area contributed by atoms with Crippen molar-refractivity contribution in [3.63, 3.8) is 0 Å². The Hall–Kier alpha value is -2.88. The van der Waals surface area contributed by atoms with Crippen LogP contribution < -0.4 is 0 Å². The van der Waals surface area contributed by atoms with Crippen molar-refractivity contribution >= 4 is 11.9 Å². The van der Waals surface area contributed by atoms with Gasteiger partial charge in [0.1, 0.15) is 17.7 Å². The Bertz CT molecular complexity index is 827. The molecule has 1 amide bonds. The van der Waals surface area contributed by atoms with Gasteiger partial charge in [-0.1, -0.05) is 12.1 Å². The monoisotopic (exact) mass is 377 g/mol. The zero-order valence-electron chi connectivity index (χ0n) is 14.8. The van der Waals surface area contributed by atoms with Crippen molar-refractivity contribution in [1.82, 2.24) is 25.1 Å². The largest absolute Gasteiger partial charge is 0.481 e. The molecule has 0 aliphatic carbocycles. The van der Waals surface area contributed by atoms with Crippen molar-refractivity contribution in [3.8, 4) is 0 Å². The van der Waals surface area contributed by atoms with Gasteiger partial charge in [0, 0.05) is 19.5 Å². The molecular weight excluding hydrogens is 357 g/mol. The summed E-state index contributed by atoms with van der Waals surface area (Å²) in [5.41, 5.74) is 0.638. The topological polar surface area (TPSA) is 110 Å². The summed E-state index contributed by atoms with van der Waals surface area (Å²) in [5, 5.41) is 20.3. The molecule has 1 N–H and O–H groups in total. The average Bonchev–Trinajstić information content (AvgIpc) is 3.04.